The second kappa shape index (κ2) is 6.94. The molecule has 1 heterocycles. The zero-order valence-electron chi connectivity index (χ0n) is 17.4. The van der Waals surface area contributed by atoms with E-state index in [1.54, 1.807) is 23.1 Å². The molecule has 1 aliphatic heterocycles. The van der Waals surface area contributed by atoms with Gasteiger partial charge in [-0.15, -0.1) is 0 Å². The molecule has 1 amide bonds. The van der Waals surface area contributed by atoms with Gasteiger partial charge in [0.05, 0.1) is 0 Å². The molecule has 1 atom stereocenters. The van der Waals surface area contributed by atoms with Gasteiger partial charge in [0.1, 0.15) is 5.82 Å². The summed E-state index contributed by atoms with van der Waals surface area (Å²) in [5, 5.41) is 0. The predicted octanol–water partition coefficient (Wildman–Crippen LogP) is 5.61. The number of Topliss-reactive ketones (excluding diaryl/α,β-unsaturated/α-hetero) is 1. The average molecular weight is 391 g/mol. The molecule has 2 aromatic carbocycles. The molecule has 0 N–H and O–H groups in total. The Balaban J connectivity index is 1.92. The van der Waals surface area contributed by atoms with E-state index in [0.29, 0.717) is 24.0 Å². The third-order valence-electron chi connectivity index (χ3n) is 6.17. The van der Waals surface area contributed by atoms with Crippen molar-refractivity contribution in [3.05, 3.63) is 76.2 Å². The van der Waals surface area contributed by atoms with Crippen molar-refractivity contribution in [1.29, 1.82) is 0 Å². The smallest absolute Gasteiger partial charge is 0.232 e. The Morgan fingerprint density at radius 3 is 2.41 bits per heavy atom. The van der Waals surface area contributed by atoms with Crippen LogP contribution in [0.2, 0.25) is 0 Å². The Bertz CT molecular complexity index is 1050. The van der Waals surface area contributed by atoms with Crippen LogP contribution in [-0.4, -0.2) is 11.7 Å². The standard InChI is InChI=1S/C25H26FNO2/c1-15-9-10-17(11-16(15)2)27-21-13-25(3,4)14-22(28)24(21)19(12-23(27)29)18-7-5-6-8-20(18)26/h5-11,19H,12-14H2,1-4H3. The number of ketones is 1. The van der Waals surface area contributed by atoms with Gasteiger partial charge < -0.3 is 0 Å². The van der Waals surface area contributed by atoms with Crippen LogP contribution in [0.3, 0.4) is 0 Å². The molecular weight excluding hydrogens is 365 g/mol. The third-order valence-corrected chi connectivity index (χ3v) is 6.17. The highest BCUT2D eigenvalue weighted by Gasteiger charge is 2.44. The fourth-order valence-corrected chi connectivity index (χ4v) is 4.60. The van der Waals surface area contributed by atoms with Crippen molar-refractivity contribution >= 4 is 17.4 Å². The van der Waals surface area contributed by atoms with E-state index in [0.717, 1.165) is 22.5 Å². The van der Waals surface area contributed by atoms with E-state index in [4.69, 9.17) is 0 Å². The quantitative estimate of drug-likeness (QED) is 0.668. The van der Waals surface area contributed by atoms with Gasteiger partial charge in [-0.2, -0.15) is 0 Å². The van der Waals surface area contributed by atoms with Crippen molar-refractivity contribution in [2.24, 2.45) is 5.41 Å². The second-order valence-electron chi connectivity index (χ2n) is 9.08. The molecule has 0 spiro atoms. The lowest BCUT2D eigenvalue weighted by molar-refractivity contribution is -0.121. The molecule has 0 aromatic heterocycles. The number of amides is 1. The van der Waals surface area contributed by atoms with E-state index in [1.165, 1.54) is 6.07 Å². The van der Waals surface area contributed by atoms with Crippen LogP contribution in [0, 0.1) is 25.1 Å². The summed E-state index contributed by atoms with van der Waals surface area (Å²) in [4.78, 5) is 28.2. The zero-order chi connectivity index (χ0) is 20.9. The van der Waals surface area contributed by atoms with E-state index in [2.05, 4.69) is 0 Å². The first-order chi connectivity index (χ1) is 13.7. The molecule has 2 aliphatic rings. The normalized spacial score (nSPS) is 21.4. The first kappa shape index (κ1) is 19.6. The second-order valence-corrected chi connectivity index (χ2v) is 9.08. The molecule has 29 heavy (non-hydrogen) atoms. The van der Waals surface area contributed by atoms with Gasteiger partial charge in [0, 0.05) is 35.7 Å². The summed E-state index contributed by atoms with van der Waals surface area (Å²) < 4.78 is 14.6. The lowest BCUT2D eigenvalue weighted by Gasteiger charge is -2.43. The molecule has 1 aliphatic carbocycles. The maximum atomic E-state index is 14.6. The van der Waals surface area contributed by atoms with Crippen LogP contribution in [-0.2, 0) is 9.59 Å². The SMILES string of the molecule is Cc1ccc(N2C(=O)CC(c3ccccc3F)C3=C2CC(C)(C)CC3=O)cc1C. The Kier molecular flexibility index (Phi) is 4.68. The summed E-state index contributed by atoms with van der Waals surface area (Å²) >= 11 is 0. The first-order valence-corrected chi connectivity index (χ1v) is 10.1. The number of nitrogens with zero attached hydrogens (tertiary/aromatic N) is 1. The van der Waals surface area contributed by atoms with Crippen molar-refractivity contribution in [1.82, 2.24) is 0 Å². The van der Waals surface area contributed by atoms with Crippen LogP contribution in [0.15, 0.2) is 53.7 Å². The molecule has 2 aromatic rings. The largest absolute Gasteiger partial charge is 0.294 e. The van der Waals surface area contributed by atoms with E-state index in [9.17, 15) is 14.0 Å². The number of allylic oxidation sites excluding steroid dienone is 2. The lowest BCUT2D eigenvalue weighted by atomic mass is 9.69. The maximum absolute atomic E-state index is 14.6. The molecule has 0 bridgehead atoms. The summed E-state index contributed by atoms with van der Waals surface area (Å²) in [5.74, 6) is -0.962. The molecule has 150 valence electrons. The number of hydrogen-bond acceptors (Lipinski definition) is 2. The number of aryl methyl sites for hydroxylation is 2. The number of rotatable bonds is 2. The molecule has 4 heteroatoms. The third kappa shape index (κ3) is 3.41. The number of carbonyl (C=O) groups is 2. The molecule has 0 radical (unpaired) electrons. The monoisotopic (exact) mass is 391 g/mol. The number of carbonyl (C=O) groups excluding carboxylic acids is 2. The maximum Gasteiger partial charge on any atom is 0.232 e. The van der Waals surface area contributed by atoms with Gasteiger partial charge in [-0.05, 0) is 60.6 Å². The summed E-state index contributed by atoms with van der Waals surface area (Å²) in [5.41, 5.74) is 4.55. The van der Waals surface area contributed by atoms with E-state index in [-0.39, 0.29) is 29.3 Å². The van der Waals surface area contributed by atoms with E-state index in [1.807, 2.05) is 45.9 Å². The summed E-state index contributed by atoms with van der Waals surface area (Å²) in [6, 6.07) is 12.4. The summed E-state index contributed by atoms with van der Waals surface area (Å²) in [6.45, 7) is 8.14. The van der Waals surface area contributed by atoms with Gasteiger partial charge in [0.25, 0.3) is 0 Å². The number of benzene rings is 2. The number of anilines is 1. The van der Waals surface area contributed by atoms with Gasteiger partial charge >= 0.3 is 0 Å². The van der Waals surface area contributed by atoms with Crippen LogP contribution >= 0.6 is 0 Å². The zero-order valence-corrected chi connectivity index (χ0v) is 17.4. The highest BCUT2D eigenvalue weighted by Crippen LogP contribution is 2.48. The molecule has 0 saturated carbocycles. The van der Waals surface area contributed by atoms with Gasteiger partial charge in [0.15, 0.2) is 5.78 Å². The number of halogens is 1. The van der Waals surface area contributed by atoms with Crippen LogP contribution in [0.5, 0.6) is 0 Å². The summed E-state index contributed by atoms with van der Waals surface area (Å²) in [6.07, 6.45) is 1.11. The fraction of sp³-hybridized carbons (Fsp3) is 0.360. The molecule has 1 unspecified atom stereocenters. The molecule has 4 rings (SSSR count). The minimum atomic E-state index is -0.523. The van der Waals surface area contributed by atoms with Crippen molar-refractivity contribution in [3.8, 4) is 0 Å². The van der Waals surface area contributed by atoms with Crippen LogP contribution < -0.4 is 4.90 Å². The van der Waals surface area contributed by atoms with Crippen molar-refractivity contribution < 1.29 is 14.0 Å². The Hall–Kier alpha value is -2.75. The molecular formula is C25H26FNO2. The summed E-state index contributed by atoms with van der Waals surface area (Å²) in [7, 11) is 0. The fourth-order valence-electron chi connectivity index (χ4n) is 4.60. The van der Waals surface area contributed by atoms with E-state index >= 15 is 0 Å². The van der Waals surface area contributed by atoms with Crippen LogP contribution in [0.1, 0.15) is 55.7 Å². The molecule has 0 fully saturated rings. The predicted molar refractivity (Wildman–Crippen MR) is 112 cm³/mol. The van der Waals surface area contributed by atoms with Gasteiger partial charge in [-0.1, -0.05) is 38.1 Å². The van der Waals surface area contributed by atoms with Crippen molar-refractivity contribution in [3.63, 3.8) is 0 Å². The minimum absolute atomic E-state index is 0.0193. The van der Waals surface area contributed by atoms with Crippen LogP contribution in [0.4, 0.5) is 10.1 Å². The van der Waals surface area contributed by atoms with Crippen molar-refractivity contribution in [2.45, 2.75) is 52.9 Å². The average Bonchev–Trinajstić information content (AvgIpc) is 2.63. The minimum Gasteiger partial charge on any atom is -0.294 e. The number of hydrogen-bond donors (Lipinski definition) is 0. The topological polar surface area (TPSA) is 37.4 Å². The van der Waals surface area contributed by atoms with Crippen molar-refractivity contribution in [2.75, 3.05) is 4.90 Å². The van der Waals surface area contributed by atoms with Gasteiger partial charge in [-0.3, -0.25) is 14.5 Å². The van der Waals surface area contributed by atoms with Gasteiger partial charge in [0.2, 0.25) is 5.91 Å². The van der Waals surface area contributed by atoms with Gasteiger partial charge in [-0.25, -0.2) is 4.39 Å². The van der Waals surface area contributed by atoms with E-state index < -0.39 is 5.92 Å². The Labute approximate surface area is 171 Å². The lowest BCUT2D eigenvalue weighted by Crippen LogP contribution is -2.43. The first-order valence-electron chi connectivity index (χ1n) is 10.1. The highest BCUT2D eigenvalue weighted by atomic mass is 19.1. The van der Waals surface area contributed by atoms with Crippen LogP contribution in [0.25, 0.3) is 0 Å². The molecule has 0 saturated heterocycles. The molecule has 3 nitrogen and oxygen atoms in total. The highest BCUT2D eigenvalue weighted by molar-refractivity contribution is 6.07. The Morgan fingerprint density at radius 1 is 1.00 bits per heavy atom. The Morgan fingerprint density at radius 2 is 1.72 bits per heavy atom.